The number of rotatable bonds is 2. The Morgan fingerprint density at radius 3 is 2.78 bits per heavy atom. The number of likely N-dealkylation sites (N-methyl/N-ethyl adjacent to an activating group) is 1. The third-order valence-corrected chi connectivity index (χ3v) is 6.27. The maximum atomic E-state index is 13.0. The highest BCUT2D eigenvalue weighted by molar-refractivity contribution is 7.13. The molecule has 0 saturated carbocycles. The lowest BCUT2D eigenvalue weighted by Gasteiger charge is -2.31. The molecular formula is C19H20N4O3S. The molecule has 0 radical (unpaired) electrons. The van der Waals surface area contributed by atoms with Crippen LogP contribution in [0.15, 0.2) is 35.7 Å². The van der Waals surface area contributed by atoms with Crippen LogP contribution in [0, 0.1) is 0 Å². The summed E-state index contributed by atoms with van der Waals surface area (Å²) in [6.45, 7) is 1.54. The molecule has 2 saturated heterocycles. The van der Waals surface area contributed by atoms with Crippen molar-refractivity contribution >= 4 is 34.6 Å². The van der Waals surface area contributed by atoms with E-state index >= 15 is 0 Å². The van der Waals surface area contributed by atoms with Crippen LogP contribution in [0.5, 0.6) is 0 Å². The number of nitrogens with one attached hydrogen (secondary N) is 1. The maximum absolute atomic E-state index is 13.0. The van der Waals surface area contributed by atoms with Gasteiger partial charge in [0.25, 0.3) is 12.4 Å². The van der Waals surface area contributed by atoms with Gasteiger partial charge in [0.1, 0.15) is 0 Å². The Balaban J connectivity index is 0.000000565. The number of hydrogen-bond acceptors (Lipinski definition) is 5. The lowest BCUT2D eigenvalue weighted by molar-refractivity contribution is -0.122. The minimum absolute atomic E-state index is 0.0604. The molecule has 2 aliphatic heterocycles. The standard InChI is InChI=1S/C18H18N4OS.CH2O2/c1-21-9-13-8-12(21)10-22(13)18(23)17-14-7-11(16-3-2-6-24-16)4-5-15(14)19-20-17;2-1-3/h2-7,12-13H,8-10H2,1H3,(H,19,20);1H,(H,2,3)/t12-,13-;/m0./s1. The molecule has 8 heteroatoms. The van der Waals surface area contributed by atoms with Crippen LogP contribution in [0.2, 0.25) is 0 Å². The molecule has 0 unspecified atom stereocenters. The molecule has 5 rings (SSSR count). The van der Waals surface area contributed by atoms with Gasteiger partial charge in [-0.1, -0.05) is 12.1 Å². The van der Waals surface area contributed by atoms with E-state index in [4.69, 9.17) is 9.90 Å². The zero-order valence-corrected chi connectivity index (χ0v) is 15.6. The van der Waals surface area contributed by atoms with E-state index < -0.39 is 0 Å². The molecule has 4 heterocycles. The van der Waals surface area contributed by atoms with E-state index in [-0.39, 0.29) is 12.4 Å². The van der Waals surface area contributed by atoms with Crippen molar-refractivity contribution in [3.63, 3.8) is 0 Å². The maximum Gasteiger partial charge on any atom is 0.290 e. The molecule has 2 N–H and O–H groups in total. The molecule has 1 amide bonds. The number of hydrogen-bond donors (Lipinski definition) is 2. The lowest BCUT2D eigenvalue weighted by Crippen LogP contribution is -2.47. The number of piperazine rings is 1. The molecule has 0 aliphatic carbocycles. The number of benzene rings is 1. The summed E-state index contributed by atoms with van der Waals surface area (Å²) in [7, 11) is 2.14. The minimum Gasteiger partial charge on any atom is -0.483 e. The number of aromatic nitrogens is 2. The monoisotopic (exact) mass is 384 g/mol. The molecule has 2 aliphatic rings. The van der Waals surface area contributed by atoms with Gasteiger partial charge in [-0.05, 0) is 42.6 Å². The van der Waals surface area contributed by atoms with Crippen molar-refractivity contribution in [1.29, 1.82) is 0 Å². The van der Waals surface area contributed by atoms with Crippen LogP contribution in [0.3, 0.4) is 0 Å². The van der Waals surface area contributed by atoms with E-state index in [0.717, 1.165) is 36.0 Å². The van der Waals surface area contributed by atoms with Gasteiger partial charge in [-0.15, -0.1) is 11.3 Å². The number of likely N-dealkylation sites (tertiary alicyclic amines) is 2. The average molecular weight is 384 g/mol. The number of amides is 1. The number of carbonyl (C=O) groups is 2. The van der Waals surface area contributed by atoms with E-state index in [0.29, 0.717) is 17.8 Å². The fourth-order valence-corrected chi connectivity index (χ4v) is 4.75. The van der Waals surface area contributed by atoms with Gasteiger partial charge in [-0.25, -0.2) is 0 Å². The summed E-state index contributed by atoms with van der Waals surface area (Å²) in [6, 6.07) is 11.2. The second-order valence-corrected chi connectivity index (χ2v) is 7.80. The van der Waals surface area contributed by atoms with Crippen molar-refractivity contribution in [3.8, 4) is 10.4 Å². The minimum atomic E-state index is -0.250. The lowest BCUT2D eigenvalue weighted by atomic mass is 10.1. The number of aromatic amines is 1. The van der Waals surface area contributed by atoms with Crippen LogP contribution in [-0.2, 0) is 4.79 Å². The second-order valence-electron chi connectivity index (χ2n) is 6.86. The quantitative estimate of drug-likeness (QED) is 0.663. The Bertz CT molecular complexity index is 967. The highest BCUT2D eigenvalue weighted by Gasteiger charge is 2.44. The Labute approximate surface area is 160 Å². The van der Waals surface area contributed by atoms with Crippen molar-refractivity contribution in [2.45, 2.75) is 18.5 Å². The number of fused-ring (bicyclic) bond motifs is 3. The summed E-state index contributed by atoms with van der Waals surface area (Å²) in [5.41, 5.74) is 2.61. The average Bonchev–Trinajstić information content (AvgIpc) is 3.43. The number of carboxylic acid groups (broad SMARTS) is 1. The second kappa shape index (κ2) is 7.13. The van der Waals surface area contributed by atoms with E-state index in [2.05, 4.69) is 45.7 Å². The summed E-state index contributed by atoms with van der Waals surface area (Å²) in [5, 5.41) is 17.2. The molecule has 7 nitrogen and oxygen atoms in total. The van der Waals surface area contributed by atoms with Crippen LogP contribution in [0.25, 0.3) is 21.3 Å². The molecule has 2 bridgehead atoms. The van der Waals surface area contributed by atoms with Gasteiger partial charge in [0, 0.05) is 35.4 Å². The van der Waals surface area contributed by atoms with Gasteiger partial charge >= 0.3 is 0 Å². The normalized spacial score (nSPS) is 21.3. The number of thiophene rings is 1. The Hall–Kier alpha value is -2.71. The molecule has 3 aromatic rings. The predicted molar refractivity (Wildman–Crippen MR) is 104 cm³/mol. The van der Waals surface area contributed by atoms with E-state index in [1.54, 1.807) is 11.3 Å². The summed E-state index contributed by atoms with van der Waals surface area (Å²) in [4.78, 5) is 27.0. The Morgan fingerprint density at radius 1 is 1.33 bits per heavy atom. The van der Waals surface area contributed by atoms with Crippen molar-refractivity contribution in [3.05, 3.63) is 41.4 Å². The first-order valence-corrected chi connectivity index (χ1v) is 9.61. The molecular weight excluding hydrogens is 364 g/mol. The first kappa shape index (κ1) is 17.7. The highest BCUT2D eigenvalue weighted by atomic mass is 32.1. The van der Waals surface area contributed by atoms with E-state index in [1.165, 1.54) is 4.88 Å². The van der Waals surface area contributed by atoms with Gasteiger partial charge in [0.2, 0.25) is 0 Å². The van der Waals surface area contributed by atoms with Crippen molar-refractivity contribution < 1.29 is 14.7 Å². The van der Waals surface area contributed by atoms with Gasteiger partial charge in [0.05, 0.1) is 5.52 Å². The van der Waals surface area contributed by atoms with Crippen LogP contribution in [-0.4, -0.2) is 69.7 Å². The predicted octanol–water partition coefficient (Wildman–Crippen LogP) is 2.52. The highest BCUT2D eigenvalue weighted by Crippen LogP contribution is 2.33. The fraction of sp³-hybridized carbons (Fsp3) is 0.316. The van der Waals surface area contributed by atoms with E-state index in [1.807, 2.05) is 17.0 Å². The smallest absolute Gasteiger partial charge is 0.290 e. The Morgan fingerprint density at radius 2 is 2.15 bits per heavy atom. The molecule has 140 valence electrons. The van der Waals surface area contributed by atoms with Crippen LogP contribution in [0.1, 0.15) is 16.9 Å². The molecule has 1 aromatic carbocycles. The summed E-state index contributed by atoms with van der Waals surface area (Å²) in [6.07, 6.45) is 1.09. The zero-order chi connectivity index (χ0) is 19.0. The number of H-pyrrole nitrogens is 1. The van der Waals surface area contributed by atoms with Crippen molar-refractivity contribution in [2.24, 2.45) is 0 Å². The summed E-state index contributed by atoms with van der Waals surface area (Å²) < 4.78 is 0. The molecule has 2 fully saturated rings. The van der Waals surface area contributed by atoms with Crippen molar-refractivity contribution in [1.82, 2.24) is 20.0 Å². The van der Waals surface area contributed by atoms with Crippen molar-refractivity contribution in [2.75, 3.05) is 20.1 Å². The van der Waals surface area contributed by atoms with Crippen LogP contribution >= 0.6 is 11.3 Å². The van der Waals surface area contributed by atoms with Crippen LogP contribution in [0.4, 0.5) is 0 Å². The fourth-order valence-electron chi connectivity index (χ4n) is 4.02. The largest absolute Gasteiger partial charge is 0.483 e. The zero-order valence-electron chi connectivity index (χ0n) is 14.8. The SMILES string of the molecule is CN1C[C@@H]2C[C@H]1CN2C(=O)c1n[nH]c2ccc(-c3cccs3)cc12.O=CO. The molecule has 0 spiro atoms. The Kier molecular flexibility index (Phi) is 4.67. The van der Waals surface area contributed by atoms with Gasteiger partial charge in [-0.3, -0.25) is 19.6 Å². The molecule has 2 atom stereocenters. The van der Waals surface area contributed by atoms with Gasteiger partial charge in [-0.2, -0.15) is 5.10 Å². The topological polar surface area (TPSA) is 89.5 Å². The van der Waals surface area contributed by atoms with Gasteiger partial charge in [0.15, 0.2) is 5.69 Å². The summed E-state index contributed by atoms with van der Waals surface area (Å²) in [5.74, 6) is 0.0604. The van der Waals surface area contributed by atoms with Crippen LogP contribution < -0.4 is 0 Å². The molecule has 27 heavy (non-hydrogen) atoms. The third-order valence-electron chi connectivity index (χ3n) is 5.35. The first-order chi connectivity index (χ1) is 13.1. The summed E-state index contributed by atoms with van der Waals surface area (Å²) >= 11 is 1.71. The van der Waals surface area contributed by atoms with E-state index in [9.17, 15) is 4.79 Å². The third kappa shape index (κ3) is 3.11. The first-order valence-electron chi connectivity index (χ1n) is 8.73. The molecule has 2 aromatic heterocycles. The number of nitrogens with zero attached hydrogens (tertiary/aromatic N) is 3. The van der Waals surface area contributed by atoms with Gasteiger partial charge < -0.3 is 10.0 Å². The number of carbonyl (C=O) groups excluding carboxylic acids is 1.